The molecule has 0 spiro atoms. The Labute approximate surface area is 127 Å². The third-order valence-corrected chi connectivity index (χ3v) is 3.61. The smallest absolute Gasteiger partial charge is 0.152 e. The Balaban J connectivity index is 2.20. The molecule has 0 fully saturated rings. The number of imidazole rings is 1. The average Bonchev–Trinajstić information content (AvgIpc) is 2.83. The van der Waals surface area contributed by atoms with Gasteiger partial charge in [0.25, 0.3) is 0 Å². The number of nitrogens with one attached hydrogen (secondary N) is 1. The maximum atomic E-state index is 4.80. The summed E-state index contributed by atoms with van der Waals surface area (Å²) in [5.74, 6) is 1.08. The number of pyridine rings is 1. The lowest BCUT2D eigenvalue weighted by molar-refractivity contribution is 0.401. The van der Waals surface area contributed by atoms with Gasteiger partial charge in [-0.1, -0.05) is 13.0 Å². The van der Waals surface area contributed by atoms with Crippen molar-refractivity contribution in [3.63, 3.8) is 0 Å². The van der Waals surface area contributed by atoms with Gasteiger partial charge in [0, 0.05) is 26.3 Å². The first-order valence-electron chi connectivity index (χ1n) is 7.66. The molecule has 2 rings (SSSR count). The second kappa shape index (κ2) is 7.43. The highest BCUT2D eigenvalue weighted by molar-refractivity contribution is 5.55. The van der Waals surface area contributed by atoms with E-state index in [-0.39, 0.29) is 0 Å². The molecule has 2 aromatic heterocycles. The molecule has 0 unspecified atom stereocenters. The SMILES string of the molecule is CCNCc1c(N(C)CCCN(C)C)nc2ccccn12. The summed E-state index contributed by atoms with van der Waals surface area (Å²) >= 11 is 0. The van der Waals surface area contributed by atoms with Crippen LogP contribution in [0, 0.1) is 0 Å². The fraction of sp³-hybridized carbons (Fsp3) is 0.562. The minimum atomic E-state index is 0.842. The highest BCUT2D eigenvalue weighted by atomic mass is 15.2. The van der Waals surface area contributed by atoms with Gasteiger partial charge in [-0.2, -0.15) is 0 Å². The predicted octanol–water partition coefficient (Wildman–Crippen LogP) is 1.83. The van der Waals surface area contributed by atoms with Crippen LogP contribution in [0.1, 0.15) is 19.0 Å². The Hall–Kier alpha value is -1.59. The van der Waals surface area contributed by atoms with E-state index in [9.17, 15) is 0 Å². The van der Waals surface area contributed by atoms with E-state index in [1.54, 1.807) is 0 Å². The molecule has 0 saturated carbocycles. The molecule has 0 aliphatic heterocycles. The van der Waals surface area contributed by atoms with E-state index in [4.69, 9.17) is 4.98 Å². The Kier molecular flexibility index (Phi) is 5.59. The lowest BCUT2D eigenvalue weighted by Crippen LogP contribution is -2.25. The van der Waals surface area contributed by atoms with Crippen LogP contribution in [-0.4, -0.2) is 55.1 Å². The van der Waals surface area contributed by atoms with Gasteiger partial charge in [0.1, 0.15) is 5.65 Å². The Morgan fingerprint density at radius 1 is 1.19 bits per heavy atom. The van der Waals surface area contributed by atoms with Crippen molar-refractivity contribution in [3.05, 3.63) is 30.1 Å². The van der Waals surface area contributed by atoms with E-state index < -0.39 is 0 Å². The molecule has 0 atom stereocenters. The molecule has 0 aliphatic rings. The molecule has 0 aromatic carbocycles. The quantitative estimate of drug-likeness (QED) is 0.804. The molecular formula is C16H27N5. The largest absolute Gasteiger partial charge is 0.358 e. The summed E-state index contributed by atoms with van der Waals surface area (Å²) in [4.78, 5) is 9.28. The standard InChI is InChI=1S/C16H27N5/c1-5-17-13-14-16(20(4)11-8-10-19(2)3)18-15-9-6-7-12-21(14)15/h6-7,9,12,17H,5,8,10-11,13H2,1-4H3. The zero-order chi connectivity index (χ0) is 15.2. The Morgan fingerprint density at radius 2 is 2.00 bits per heavy atom. The van der Waals surface area contributed by atoms with Crippen LogP contribution < -0.4 is 10.2 Å². The fourth-order valence-corrected chi connectivity index (χ4v) is 2.48. The van der Waals surface area contributed by atoms with Crippen LogP contribution in [-0.2, 0) is 6.54 Å². The summed E-state index contributed by atoms with van der Waals surface area (Å²) in [5.41, 5.74) is 2.25. The van der Waals surface area contributed by atoms with Crippen LogP contribution in [0.5, 0.6) is 0 Å². The average molecular weight is 289 g/mol. The molecule has 0 radical (unpaired) electrons. The summed E-state index contributed by atoms with van der Waals surface area (Å²) in [6.45, 7) is 6.05. The van der Waals surface area contributed by atoms with Crippen molar-refractivity contribution in [2.45, 2.75) is 19.9 Å². The number of aromatic nitrogens is 2. The monoisotopic (exact) mass is 289 g/mol. The third kappa shape index (κ3) is 3.95. The van der Waals surface area contributed by atoms with E-state index in [1.807, 2.05) is 6.07 Å². The van der Waals surface area contributed by atoms with Gasteiger partial charge in [-0.25, -0.2) is 4.98 Å². The number of rotatable bonds is 8. The Morgan fingerprint density at radius 3 is 2.71 bits per heavy atom. The fourth-order valence-electron chi connectivity index (χ4n) is 2.48. The lowest BCUT2D eigenvalue weighted by Gasteiger charge is -2.19. The lowest BCUT2D eigenvalue weighted by atomic mass is 10.3. The third-order valence-electron chi connectivity index (χ3n) is 3.61. The van der Waals surface area contributed by atoms with Crippen molar-refractivity contribution in [2.24, 2.45) is 0 Å². The number of anilines is 1. The topological polar surface area (TPSA) is 35.8 Å². The van der Waals surface area contributed by atoms with Crippen LogP contribution >= 0.6 is 0 Å². The van der Waals surface area contributed by atoms with Gasteiger partial charge in [0.05, 0.1) is 5.69 Å². The molecule has 116 valence electrons. The molecule has 0 saturated heterocycles. The first-order valence-corrected chi connectivity index (χ1v) is 7.66. The van der Waals surface area contributed by atoms with Crippen molar-refractivity contribution >= 4 is 11.5 Å². The van der Waals surface area contributed by atoms with E-state index >= 15 is 0 Å². The Bertz CT molecular complexity index is 561. The first-order chi connectivity index (χ1) is 10.1. The maximum Gasteiger partial charge on any atom is 0.152 e. The van der Waals surface area contributed by atoms with Crippen molar-refractivity contribution < 1.29 is 0 Å². The van der Waals surface area contributed by atoms with Crippen LogP contribution in [0.2, 0.25) is 0 Å². The molecule has 2 heterocycles. The summed E-state index contributed by atoms with van der Waals surface area (Å²) in [6, 6.07) is 6.15. The van der Waals surface area contributed by atoms with Crippen molar-refractivity contribution in [3.8, 4) is 0 Å². The van der Waals surface area contributed by atoms with Gasteiger partial charge < -0.3 is 19.5 Å². The van der Waals surface area contributed by atoms with Gasteiger partial charge >= 0.3 is 0 Å². The van der Waals surface area contributed by atoms with Gasteiger partial charge in [-0.15, -0.1) is 0 Å². The molecule has 5 heteroatoms. The van der Waals surface area contributed by atoms with E-state index in [1.165, 1.54) is 5.69 Å². The predicted molar refractivity (Wildman–Crippen MR) is 89.0 cm³/mol. The molecular weight excluding hydrogens is 262 g/mol. The van der Waals surface area contributed by atoms with E-state index in [0.717, 1.165) is 44.1 Å². The molecule has 2 aromatic rings. The summed E-state index contributed by atoms with van der Waals surface area (Å²) < 4.78 is 2.18. The van der Waals surface area contributed by atoms with Crippen molar-refractivity contribution in [1.29, 1.82) is 0 Å². The van der Waals surface area contributed by atoms with E-state index in [0.29, 0.717) is 0 Å². The van der Waals surface area contributed by atoms with Gasteiger partial charge in [0.15, 0.2) is 5.82 Å². The second-order valence-corrected chi connectivity index (χ2v) is 5.67. The van der Waals surface area contributed by atoms with Crippen LogP contribution in [0.15, 0.2) is 24.4 Å². The normalized spacial score (nSPS) is 11.5. The molecule has 0 amide bonds. The summed E-state index contributed by atoms with van der Waals surface area (Å²) in [7, 11) is 6.36. The van der Waals surface area contributed by atoms with Crippen LogP contribution in [0.25, 0.3) is 5.65 Å². The van der Waals surface area contributed by atoms with Gasteiger partial charge in [-0.3, -0.25) is 0 Å². The highest BCUT2D eigenvalue weighted by Crippen LogP contribution is 2.21. The zero-order valence-corrected chi connectivity index (χ0v) is 13.6. The first kappa shape index (κ1) is 15.8. The summed E-state index contributed by atoms with van der Waals surface area (Å²) in [6.07, 6.45) is 3.23. The van der Waals surface area contributed by atoms with Crippen molar-refractivity contribution in [1.82, 2.24) is 19.6 Å². The van der Waals surface area contributed by atoms with Crippen LogP contribution in [0.4, 0.5) is 5.82 Å². The minimum absolute atomic E-state index is 0.842. The van der Waals surface area contributed by atoms with Gasteiger partial charge in [0.2, 0.25) is 0 Å². The molecule has 21 heavy (non-hydrogen) atoms. The molecule has 0 bridgehead atoms. The molecule has 1 N–H and O–H groups in total. The number of hydrogen-bond donors (Lipinski definition) is 1. The highest BCUT2D eigenvalue weighted by Gasteiger charge is 2.14. The number of fused-ring (bicyclic) bond motifs is 1. The van der Waals surface area contributed by atoms with Gasteiger partial charge in [-0.05, 0) is 45.7 Å². The maximum absolute atomic E-state index is 4.80. The molecule has 5 nitrogen and oxygen atoms in total. The zero-order valence-electron chi connectivity index (χ0n) is 13.6. The van der Waals surface area contributed by atoms with Crippen LogP contribution in [0.3, 0.4) is 0 Å². The minimum Gasteiger partial charge on any atom is -0.358 e. The second-order valence-electron chi connectivity index (χ2n) is 5.67. The number of hydrogen-bond acceptors (Lipinski definition) is 4. The molecule has 0 aliphatic carbocycles. The van der Waals surface area contributed by atoms with E-state index in [2.05, 4.69) is 65.9 Å². The van der Waals surface area contributed by atoms with Crippen molar-refractivity contribution in [2.75, 3.05) is 45.7 Å². The summed E-state index contributed by atoms with van der Waals surface area (Å²) in [5, 5.41) is 3.42. The number of nitrogens with zero attached hydrogens (tertiary/aromatic N) is 4.